The van der Waals surface area contributed by atoms with Crippen molar-refractivity contribution in [2.45, 2.75) is 51.2 Å². The van der Waals surface area contributed by atoms with Gasteiger partial charge in [0.2, 0.25) is 0 Å². The Morgan fingerprint density at radius 3 is 2.52 bits per heavy atom. The Bertz CT molecular complexity index is 623. The Kier molecular flexibility index (Phi) is 8.77. The number of esters is 1. The lowest BCUT2D eigenvalue weighted by atomic mass is 9.96. The molecule has 0 saturated carbocycles. The highest BCUT2D eigenvalue weighted by Gasteiger charge is 2.25. The highest BCUT2D eigenvalue weighted by molar-refractivity contribution is 5.72. The van der Waals surface area contributed by atoms with E-state index in [-0.39, 0.29) is 11.9 Å². The number of hydrogen-bond acceptors (Lipinski definition) is 6. The molecule has 2 fully saturated rings. The molecule has 162 valence electrons. The molecular formula is C23H36N2O4. The molecule has 2 aliphatic rings. The number of carbonyl (C=O) groups excluding carboxylic acids is 1. The number of ether oxygens (including phenoxy) is 2. The minimum Gasteiger partial charge on any atom is -0.491 e. The first-order valence-electron chi connectivity index (χ1n) is 11.1. The maximum atomic E-state index is 11.7. The van der Waals surface area contributed by atoms with Crippen LogP contribution in [0.5, 0.6) is 5.75 Å². The van der Waals surface area contributed by atoms with Gasteiger partial charge in [0.05, 0.1) is 13.0 Å². The van der Waals surface area contributed by atoms with Gasteiger partial charge in [-0.15, -0.1) is 0 Å². The van der Waals surface area contributed by atoms with E-state index < -0.39 is 6.10 Å². The Balaban J connectivity index is 1.41. The van der Waals surface area contributed by atoms with Crippen LogP contribution in [0.15, 0.2) is 24.3 Å². The standard InChI is InChI=1S/C23H36N2O4/c1-28-23(27)20-9-13-25(14-10-20)16-19-7-6-8-22(15-19)29-18-21(26)17-24-11-4-2-3-5-12-24/h6-8,15,20-21,26H,2-5,9-14,16-18H2,1H3/t21-/m0/s1. The van der Waals surface area contributed by atoms with E-state index in [4.69, 9.17) is 9.47 Å². The van der Waals surface area contributed by atoms with E-state index >= 15 is 0 Å². The van der Waals surface area contributed by atoms with E-state index in [1.807, 2.05) is 12.1 Å². The van der Waals surface area contributed by atoms with Gasteiger partial charge in [0, 0.05) is 13.1 Å². The molecule has 0 aromatic heterocycles. The van der Waals surface area contributed by atoms with E-state index in [2.05, 4.69) is 21.9 Å². The zero-order valence-electron chi connectivity index (χ0n) is 17.7. The molecule has 3 rings (SSSR count). The molecule has 1 aromatic rings. The second kappa shape index (κ2) is 11.5. The molecule has 29 heavy (non-hydrogen) atoms. The van der Waals surface area contributed by atoms with Gasteiger partial charge in [-0.3, -0.25) is 9.69 Å². The lowest BCUT2D eigenvalue weighted by Gasteiger charge is -2.30. The SMILES string of the molecule is COC(=O)C1CCN(Cc2cccc(OC[C@@H](O)CN3CCCCCC3)c2)CC1. The summed E-state index contributed by atoms with van der Waals surface area (Å²) in [6.45, 7) is 5.83. The molecule has 0 radical (unpaired) electrons. The number of benzene rings is 1. The number of piperidine rings is 1. The fourth-order valence-electron chi connectivity index (χ4n) is 4.35. The van der Waals surface area contributed by atoms with Gasteiger partial charge >= 0.3 is 5.97 Å². The van der Waals surface area contributed by atoms with E-state index in [0.717, 1.165) is 51.3 Å². The highest BCUT2D eigenvalue weighted by atomic mass is 16.5. The Hall–Kier alpha value is -1.63. The molecule has 1 atom stereocenters. The first-order chi connectivity index (χ1) is 14.1. The minimum atomic E-state index is -0.464. The molecular weight excluding hydrogens is 368 g/mol. The average molecular weight is 405 g/mol. The third-order valence-electron chi connectivity index (χ3n) is 6.04. The Labute approximate surface area is 174 Å². The maximum absolute atomic E-state index is 11.7. The number of methoxy groups -OCH3 is 1. The summed E-state index contributed by atoms with van der Waals surface area (Å²) in [6.07, 6.45) is 6.30. The summed E-state index contributed by atoms with van der Waals surface area (Å²) in [7, 11) is 1.46. The van der Waals surface area contributed by atoms with Crippen LogP contribution in [0.2, 0.25) is 0 Å². The Morgan fingerprint density at radius 1 is 1.10 bits per heavy atom. The maximum Gasteiger partial charge on any atom is 0.308 e. The van der Waals surface area contributed by atoms with Crippen molar-refractivity contribution in [3.63, 3.8) is 0 Å². The zero-order chi connectivity index (χ0) is 20.5. The van der Waals surface area contributed by atoms with Crippen LogP contribution in [0.25, 0.3) is 0 Å². The zero-order valence-corrected chi connectivity index (χ0v) is 17.7. The van der Waals surface area contributed by atoms with Gasteiger partial charge in [-0.1, -0.05) is 25.0 Å². The third kappa shape index (κ3) is 7.28. The second-order valence-corrected chi connectivity index (χ2v) is 8.40. The van der Waals surface area contributed by atoms with Gasteiger partial charge in [-0.25, -0.2) is 0 Å². The van der Waals surface area contributed by atoms with Gasteiger partial charge in [-0.2, -0.15) is 0 Å². The van der Waals surface area contributed by atoms with Crippen LogP contribution in [0.4, 0.5) is 0 Å². The van der Waals surface area contributed by atoms with Crippen LogP contribution < -0.4 is 4.74 Å². The monoisotopic (exact) mass is 404 g/mol. The summed E-state index contributed by atoms with van der Waals surface area (Å²) >= 11 is 0. The number of likely N-dealkylation sites (tertiary alicyclic amines) is 2. The summed E-state index contributed by atoms with van der Waals surface area (Å²) in [5.74, 6) is 0.761. The summed E-state index contributed by atoms with van der Waals surface area (Å²) in [5.41, 5.74) is 1.20. The van der Waals surface area contributed by atoms with Crippen LogP contribution in [0, 0.1) is 5.92 Å². The molecule has 1 aromatic carbocycles. The Morgan fingerprint density at radius 2 is 1.83 bits per heavy atom. The molecule has 1 N–H and O–H groups in total. The molecule has 6 heteroatoms. The lowest BCUT2D eigenvalue weighted by Crippen LogP contribution is -2.36. The average Bonchev–Trinajstić information content (AvgIpc) is 3.01. The number of β-amino-alcohol motifs (C(OH)–C–C–N with tert-alkyl or cyclic N) is 1. The van der Waals surface area contributed by atoms with Gasteiger partial charge in [0.15, 0.2) is 0 Å². The molecule has 0 bridgehead atoms. The first-order valence-corrected chi connectivity index (χ1v) is 11.1. The van der Waals surface area contributed by atoms with Crippen LogP contribution >= 0.6 is 0 Å². The van der Waals surface area contributed by atoms with E-state index in [9.17, 15) is 9.90 Å². The molecule has 0 amide bonds. The van der Waals surface area contributed by atoms with E-state index in [1.165, 1.54) is 38.4 Å². The molecule has 0 aliphatic carbocycles. The molecule has 0 spiro atoms. The predicted molar refractivity (Wildman–Crippen MR) is 113 cm³/mol. The van der Waals surface area contributed by atoms with Crippen molar-refractivity contribution in [2.75, 3.05) is 46.4 Å². The van der Waals surface area contributed by atoms with Gasteiger partial charge < -0.3 is 19.5 Å². The summed E-state index contributed by atoms with van der Waals surface area (Å²) in [6, 6.07) is 8.12. The summed E-state index contributed by atoms with van der Waals surface area (Å²) < 4.78 is 10.7. The number of aliphatic hydroxyl groups is 1. The minimum absolute atomic E-state index is 0.0385. The van der Waals surface area contributed by atoms with Crippen molar-refractivity contribution in [2.24, 2.45) is 5.92 Å². The third-order valence-corrected chi connectivity index (χ3v) is 6.04. The van der Waals surface area contributed by atoms with Crippen LogP contribution in [-0.2, 0) is 16.1 Å². The molecule has 2 heterocycles. The first kappa shape index (κ1) is 22.1. The molecule has 2 aliphatic heterocycles. The number of carbonyl (C=O) groups is 1. The van der Waals surface area contributed by atoms with Crippen molar-refractivity contribution in [3.05, 3.63) is 29.8 Å². The van der Waals surface area contributed by atoms with Gasteiger partial charge in [0.1, 0.15) is 18.5 Å². The van der Waals surface area contributed by atoms with Crippen LogP contribution in [0.1, 0.15) is 44.1 Å². The van der Waals surface area contributed by atoms with E-state index in [1.54, 1.807) is 0 Å². The van der Waals surface area contributed by atoms with Crippen molar-refractivity contribution in [1.29, 1.82) is 0 Å². The predicted octanol–water partition coefficient (Wildman–Crippen LogP) is 2.69. The van der Waals surface area contributed by atoms with Crippen molar-refractivity contribution in [3.8, 4) is 5.75 Å². The van der Waals surface area contributed by atoms with Gasteiger partial charge in [0.25, 0.3) is 0 Å². The molecule has 0 unspecified atom stereocenters. The highest BCUT2D eigenvalue weighted by Crippen LogP contribution is 2.22. The smallest absolute Gasteiger partial charge is 0.308 e. The van der Waals surface area contributed by atoms with Crippen LogP contribution in [0.3, 0.4) is 0 Å². The lowest BCUT2D eigenvalue weighted by molar-refractivity contribution is -0.147. The van der Waals surface area contributed by atoms with Crippen LogP contribution in [-0.4, -0.2) is 73.4 Å². The number of aliphatic hydroxyl groups excluding tert-OH is 1. The van der Waals surface area contributed by atoms with Crippen molar-refractivity contribution >= 4 is 5.97 Å². The molecule has 6 nitrogen and oxygen atoms in total. The number of nitrogens with zero attached hydrogens (tertiary/aromatic N) is 2. The fourth-order valence-corrected chi connectivity index (χ4v) is 4.35. The normalized spacial score (nSPS) is 20.8. The largest absolute Gasteiger partial charge is 0.491 e. The topological polar surface area (TPSA) is 62.2 Å². The quantitative estimate of drug-likeness (QED) is 0.672. The van der Waals surface area contributed by atoms with Gasteiger partial charge in [-0.05, 0) is 69.6 Å². The summed E-state index contributed by atoms with van der Waals surface area (Å²) in [5, 5.41) is 10.4. The summed E-state index contributed by atoms with van der Waals surface area (Å²) in [4.78, 5) is 16.4. The number of rotatable bonds is 8. The van der Waals surface area contributed by atoms with Crippen molar-refractivity contribution < 1.29 is 19.4 Å². The molecule has 2 saturated heterocycles. The number of hydrogen-bond donors (Lipinski definition) is 1. The fraction of sp³-hybridized carbons (Fsp3) is 0.696. The van der Waals surface area contributed by atoms with Crippen molar-refractivity contribution in [1.82, 2.24) is 9.80 Å². The van der Waals surface area contributed by atoms with E-state index in [0.29, 0.717) is 13.2 Å². The second-order valence-electron chi connectivity index (χ2n) is 8.40.